The van der Waals surface area contributed by atoms with Crippen LogP contribution in [0.3, 0.4) is 0 Å². The maximum atomic E-state index is 15.4. The van der Waals surface area contributed by atoms with E-state index in [2.05, 4.69) is 34.3 Å². The molecule has 1 saturated heterocycles. The van der Waals surface area contributed by atoms with Crippen LogP contribution in [0.2, 0.25) is 0 Å². The SMILES string of the molecule is CC1(C)C[C@H](n2ccc3cc(-c4cc5ncc(F)cc5cc4O)nnc32)[C@H](F)C(C)(C)N1. The number of nitrogens with zero attached hydrogens (tertiary/aromatic N) is 4. The van der Waals surface area contributed by atoms with Crippen molar-refractivity contribution in [2.75, 3.05) is 0 Å². The van der Waals surface area contributed by atoms with Gasteiger partial charge in [0, 0.05) is 33.6 Å². The lowest BCUT2D eigenvalue weighted by atomic mass is 9.78. The molecule has 0 amide bonds. The Morgan fingerprint density at radius 2 is 1.88 bits per heavy atom. The topological polar surface area (TPSA) is 75.9 Å². The zero-order valence-electron chi connectivity index (χ0n) is 18.4. The second-order valence-electron chi connectivity index (χ2n) is 9.85. The van der Waals surface area contributed by atoms with Crippen molar-refractivity contribution in [3.05, 3.63) is 48.5 Å². The quantitative estimate of drug-likeness (QED) is 0.466. The van der Waals surface area contributed by atoms with Crippen LogP contribution in [-0.2, 0) is 0 Å². The number of phenols is 1. The van der Waals surface area contributed by atoms with Crippen molar-refractivity contribution in [2.24, 2.45) is 0 Å². The smallest absolute Gasteiger partial charge is 0.162 e. The van der Waals surface area contributed by atoms with E-state index in [9.17, 15) is 9.50 Å². The van der Waals surface area contributed by atoms with Crippen LogP contribution in [0.25, 0.3) is 33.2 Å². The van der Waals surface area contributed by atoms with Crippen LogP contribution in [-0.4, -0.2) is 42.1 Å². The van der Waals surface area contributed by atoms with Gasteiger partial charge in [-0.1, -0.05) is 0 Å². The van der Waals surface area contributed by atoms with Gasteiger partial charge in [-0.15, -0.1) is 10.2 Å². The molecule has 166 valence electrons. The highest BCUT2D eigenvalue weighted by Gasteiger charge is 2.47. The first kappa shape index (κ1) is 20.8. The summed E-state index contributed by atoms with van der Waals surface area (Å²) >= 11 is 0. The molecule has 4 heterocycles. The Kier molecular flexibility index (Phi) is 4.50. The molecule has 0 saturated carbocycles. The first-order valence-electron chi connectivity index (χ1n) is 10.6. The predicted octanol–water partition coefficient (Wildman–Crippen LogP) is 4.92. The maximum absolute atomic E-state index is 15.4. The highest BCUT2D eigenvalue weighted by molar-refractivity contribution is 5.89. The van der Waals surface area contributed by atoms with Gasteiger partial charge in [-0.25, -0.2) is 8.78 Å². The minimum absolute atomic E-state index is 0.0383. The molecule has 3 aromatic heterocycles. The summed E-state index contributed by atoms with van der Waals surface area (Å²) in [5.74, 6) is -0.508. The number of halogens is 2. The molecule has 32 heavy (non-hydrogen) atoms. The number of fused-ring (bicyclic) bond motifs is 2. The van der Waals surface area contributed by atoms with E-state index in [0.717, 1.165) is 11.6 Å². The van der Waals surface area contributed by atoms with Gasteiger partial charge in [-0.05, 0) is 64.4 Å². The zero-order valence-corrected chi connectivity index (χ0v) is 18.4. The van der Waals surface area contributed by atoms with Gasteiger partial charge in [0.05, 0.1) is 23.4 Å². The molecule has 0 radical (unpaired) electrons. The average molecular weight is 437 g/mol. The van der Waals surface area contributed by atoms with Gasteiger partial charge in [0.2, 0.25) is 0 Å². The van der Waals surface area contributed by atoms with Crippen molar-refractivity contribution >= 4 is 21.9 Å². The fourth-order valence-corrected chi connectivity index (χ4v) is 5.03. The normalized spacial score (nSPS) is 22.4. The van der Waals surface area contributed by atoms with Gasteiger partial charge < -0.3 is 15.0 Å². The number of rotatable bonds is 2. The summed E-state index contributed by atoms with van der Waals surface area (Å²) in [5.41, 5.74) is 1.13. The van der Waals surface area contributed by atoms with Gasteiger partial charge in [0.15, 0.2) is 5.65 Å². The summed E-state index contributed by atoms with van der Waals surface area (Å²) < 4.78 is 30.7. The van der Waals surface area contributed by atoms with Gasteiger partial charge in [0.25, 0.3) is 0 Å². The molecular weight excluding hydrogens is 412 g/mol. The van der Waals surface area contributed by atoms with Crippen LogP contribution in [0.1, 0.15) is 40.2 Å². The Hall–Kier alpha value is -3.13. The molecule has 5 rings (SSSR count). The number of phenolic OH excluding ortho intramolecular Hbond substituents is 1. The van der Waals surface area contributed by atoms with E-state index in [1.807, 2.05) is 36.7 Å². The lowest BCUT2D eigenvalue weighted by Gasteiger charge is -2.49. The summed E-state index contributed by atoms with van der Waals surface area (Å²) in [7, 11) is 0. The molecule has 4 aromatic rings. The summed E-state index contributed by atoms with van der Waals surface area (Å²) in [6, 6.07) is 7.75. The number of benzene rings is 1. The number of hydrogen-bond donors (Lipinski definition) is 2. The van der Waals surface area contributed by atoms with Crippen LogP contribution >= 0.6 is 0 Å². The molecule has 6 nitrogen and oxygen atoms in total. The molecule has 8 heteroatoms. The lowest BCUT2D eigenvalue weighted by molar-refractivity contribution is 0.0313. The summed E-state index contributed by atoms with van der Waals surface area (Å²) in [4.78, 5) is 4.09. The van der Waals surface area contributed by atoms with Crippen LogP contribution < -0.4 is 5.32 Å². The van der Waals surface area contributed by atoms with E-state index in [1.165, 1.54) is 12.1 Å². The monoisotopic (exact) mass is 437 g/mol. The van der Waals surface area contributed by atoms with Crippen molar-refractivity contribution in [1.82, 2.24) is 25.1 Å². The molecule has 2 N–H and O–H groups in total. The average Bonchev–Trinajstić information content (AvgIpc) is 3.12. The predicted molar refractivity (Wildman–Crippen MR) is 120 cm³/mol. The number of aromatic nitrogens is 4. The second-order valence-corrected chi connectivity index (χ2v) is 9.85. The maximum Gasteiger partial charge on any atom is 0.162 e. The number of nitrogens with one attached hydrogen (secondary N) is 1. The fraction of sp³-hybridized carbons (Fsp3) is 0.375. The minimum Gasteiger partial charge on any atom is -0.507 e. The number of pyridine rings is 1. The second kappa shape index (κ2) is 6.93. The Morgan fingerprint density at radius 3 is 2.66 bits per heavy atom. The third-order valence-corrected chi connectivity index (χ3v) is 6.27. The van der Waals surface area contributed by atoms with E-state index < -0.39 is 17.5 Å². The van der Waals surface area contributed by atoms with Crippen molar-refractivity contribution in [3.8, 4) is 17.0 Å². The molecule has 1 aromatic carbocycles. The van der Waals surface area contributed by atoms with Crippen molar-refractivity contribution < 1.29 is 13.9 Å². The van der Waals surface area contributed by atoms with Crippen LogP contribution in [0, 0.1) is 5.82 Å². The third kappa shape index (κ3) is 3.39. The number of aromatic hydroxyl groups is 1. The standard InChI is InChI=1S/C24H25F2N5O/c1-23(2)11-19(21(26)24(3,4)30-23)31-6-5-13-8-18(28-29-22(13)31)16-10-17-14(9-20(16)32)7-15(25)12-27-17/h5-10,12,19,21,30,32H,11H2,1-4H3/t19-,21-/m0/s1. The Morgan fingerprint density at radius 1 is 1.09 bits per heavy atom. The van der Waals surface area contributed by atoms with Gasteiger partial charge in [-0.3, -0.25) is 4.98 Å². The summed E-state index contributed by atoms with van der Waals surface area (Å²) in [5, 5.41) is 23.9. The largest absolute Gasteiger partial charge is 0.507 e. The third-order valence-electron chi connectivity index (χ3n) is 6.27. The molecule has 0 aliphatic carbocycles. The van der Waals surface area contributed by atoms with Crippen molar-refractivity contribution in [3.63, 3.8) is 0 Å². The summed E-state index contributed by atoms with van der Waals surface area (Å²) in [6.07, 6.45) is 2.48. The summed E-state index contributed by atoms with van der Waals surface area (Å²) in [6.45, 7) is 7.91. The molecule has 0 spiro atoms. The Balaban J connectivity index is 1.57. The molecule has 2 atom stereocenters. The van der Waals surface area contributed by atoms with Crippen LogP contribution in [0.5, 0.6) is 5.75 Å². The van der Waals surface area contributed by atoms with Crippen molar-refractivity contribution in [1.29, 1.82) is 0 Å². The Labute approximate surface area is 184 Å². The highest BCUT2D eigenvalue weighted by Crippen LogP contribution is 2.40. The lowest BCUT2D eigenvalue weighted by Crippen LogP contribution is -2.64. The fourth-order valence-electron chi connectivity index (χ4n) is 5.03. The molecular formula is C24H25F2N5O. The number of alkyl halides is 1. The first-order chi connectivity index (χ1) is 15.0. The van der Waals surface area contributed by atoms with E-state index >= 15 is 4.39 Å². The molecule has 0 bridgehead atoms. The Bertz CT molecular complexity index is 1350. The van der Waals surface area contributed by atoms with Gasteiger partial charge in [0.1, 0.15) is 17.7 Å². The van der Waals surface area contributed by atoms with E-state index in [1.54, 1.807) is 6.07 Å². The van der Waals surface area contributed by atoms with Crippen molar-refractivity contribution in [2.45, 2.75) is 57.4 Å². The van der Waals surface area contributed by atoms with Crippen LogP contribution in [0.15, 0.2) is 42.7 Å². The molecule has 1 fully saturated rings. The van der Waals surface area contributed by atoms with E-state index in [0.29, 0.717) is 34.2 Å². The molecule has 1 aliphatic heterocycles. The van der Waals surface area contributed by atoms with E-state index in [-0.39, 0.29) is 17.3 Å². The number of hydrogen-bond acceptors (Lipinski definition) is 5. The number of piperidine rings is 1. The minimum atomic E-state index is -1.11. The van der Waals surface area contributed by atoms with Crippen LogP contribution in [0.4, 0.5) is 8.78 Å². The van der Waals surface area contributed by atoms with Gasteiger partial charge in [-0.2, -0.15) is 0 Å². The van der Waals surface area contributed by atoms with Gasteiger partial charge >= 0.3 is 0 Å². The molecule has 0 unspecified atom stereocenters. The van der Waals surface area contributed by atoms with E-state index in [4.69, 9.17) is 0 Å². The molecule has 1 aliphatic rings. The first-order valence-corrected chi connectivity index (χ1v) is 10.6. The zero-order chi connectivity index (χ0) is 22.8. The highest BCUT2D eigenvalue weighted by atomic mass is 19.1.